The molecule has 1 aromatic carbocycles. The molecular formula is C13H15N3O3. The first-order chi connectivity index (χ1) is 9.17. The number of aliphatic hydroxyl groups excluding tert-OH is 2. The van der Waals surface area contributed by atoms with Crippen LogP contribution in [-0.4, -0.2) is 39.0 Å². The molecule has 6 nitrogen and oxygen atoms in total. The SMILES string of the molecule is Nc1c(C=O)c(-c2ccccc2)nn1CC(O)CO. The van der Waals surface area contributed by atoms with E-state index in [0.29, 0.717) is 12.0 Å². The van der Waals surface area contributed by atoms with Crippen molar-refractivity contribution in [2.75, 3.05) is 12.3 Å². The van der Waals surface area contributed by atoms with Crippen LogP contribution in [0.15, 0.2) is 30.3 Å². The lowest BCUT2D eigenvalue weighted by Crippen LogP contribution is -2.21. The zero-order valence-electron chi connectivity index (χ0n) is 10.2. The predicted molar refractivity (Wildman–Crippen MR) is 70.6 cm³/mol. The van der Waals surface area contributed by atoms with Gasteiger partial charge in [0, 0.05) is 5.56 Å². The van der Waals surface area contributed by atoms with E-state index in [2.05, 4.69) is 5.10 Å². The molecule has 0 bridgehead atoms. The summed E-state index contributed by atoms with van der Waals surface area (Å²) in [5, 5.41) is 22.5. The smallest absolute Gasteiger partial charge is 0.156 e. The van der Waals surface area contributed by atoms with Crippen molar-refractivity contribution in [3.63, 3.8) is 0 Å². The Bertz CT molecular complexity index is 566. The van der Waals surface area contributed by atoms with Crippen LogP contribution in [0.4, 0.5) is 5.82 Å². The Kier molecular flexibility index (Phi) is 3.94. The topological polar surface area (TPSA) is 101 Å². The van der Waals surface area contributed by atoms with E-state index in [9.17, 15) is 9.90 Å². The number of anilines is 1. The third-order valence-corrected chi connectivity index (χ3v) is 2.79. The van der Waals surface area contributed by atoms with Gasteiger partial charge in [-0.25, -0.2) is 4.68 Å². The number of nitrogens with zero attached hydrogens (tertiary/aromatic N) is 2. The van der Waals surface area contributed by atoms with Crippen molar-refractivity contribution in [1.29, 1.82) is 0 Å². The van der Waals surface area contributed by atoms with E-state index in [1.807, 2.05) is 30.3 Å². The standard InChI is InChI=1S/C13H15N3O3/c14-13-11(8-18)12(9-4-2-1-3-5-9)15-16(13)6-10(19)7-17/h1-5,8,10,17,19H,6-7,14H2. The van der Waals surface area contributed by atoms with Crippen LogP contribution >= 0.6 is 0 Å². The molecule has 100 valence electrons. The molecule has 0 saturated carbocycles. The molecule has 6 heteroatoms. The zero-order valence-corrected chi connectivity index (χ0v) is 10.2. The number of aliphatic hydroxyl groups is 2. The molecule has 0 spiro atoms. The maximum Gasteiger partial charge on any atom is 0.156 e. The fraction of sp³-hybridized carbons (Fsp3) is 0.231. The van der Waals surface area contributed by atoms with Gasteiger partial charge in [0.15, 0.2) is 6.29 Å². The summed E-state index contributed by atoms with van der Waals surface area (Å²) >= 11 is 0. The van der Waals surface area contributed by atoms with Gasteiger partial charge in [-0.1, -0.05) is 30.3 Å². The zero-order chi connectivity index (χ0) is 13.8. The third-order valence-electron chi connectivity index (χ3n) is 2.79. The molecule has 0 fully saturated rings. The number of carbonyl (C=O) groups excluding carboxylic acids is 1. The van der Waals surface area contributed by atoms with Gasteiger partial charge in [-0.3, -0.25) is 4.79 Å². The summed E-state index contributed by atoms with van der Waals surface area (Å²) in [5.74, 6) is 0.182. The van der Waals surface area contributed by atoms with Gasteiger partial charge >= 0.3 is 0 Å². The summed E-state index contributed by atoms with van der Waals surface area (Å²) < 4.78 is 1.33. The molecule has 0 aliphatic carbocycles. The van der Waals surface area contributed by atoms with E-state index < -0.39 is 12.7 Å². The molecule has 1 heterocycles. The molecule has 1 unspecified atom stereocenters. The maximum absolute atomic E-state index is 11.1. The Hall–Kier alpha value is -2.18. The van der Waals surface area contributed by atoms with Crippen LogP contribution in [0.1, 0.15) is 10.4 Å². The number of hydrogen-bond acceptors (Lipinski definition) is 5. The van der Waals surface area contributed by atoms with Gasteiger partial charge in [0.1, 0.15) is 11.5 Å². The summed E-state index contributed by atoms with van der Waals surface area (Å²) in [6.07, 6.45) is -0.322. The highest BCUT2D eigenvalue weighted by Gasteiger charge is 2.17. The van der Waals surface area contributed by atoms with Gasteiger partial charge in [-0.05, 0) is 0 Å². The number of hydrogen-bond donors (Lipinski definition) is 3. The summed E-state index contributed by atoms with van der Waals surface area (Å²) in [5.41, 5.74) is 7.36. The molecule has 2 aromatic rings. The Morgan fingerprint density at radius 1 is 1.37 bits per heavy atom. The summed E-state index contributed by atoms with van der Waals surface area (Å²) in [6, 6.07) is 9.17. The minimum Gasteiger partial charge on any atom is -0.394 e. The number of rotatable bonds is 5. The lowest BCUT2D eigenvalue weighted by Gasteiger charge is -2.08. The molecule has 0 radical (unpaired) electrons. The van der Waals surface area contributed by atoms with Gasteiger partial charge in [0.05, 0.1) is 24.8 Å². The van der Waals surface area contributed by atoms with E-state index in [4.69, 9.17) is 10.8 Å². The van der Waals surface area contributed by atoms with E-state index >= 15 is 0 Å². The first-order valence-electron chi connectivity index (χ1n) is 5.83. The molecule has 0 aliphatic rings. The largest absolute Gasteiger partial charge is 0.394 e. The second kappa shape index (κ2) is 5.64. The number of aldehydes is 1. The molecule has 4 N–H and O–H groups in total. The number of benzene rings is 1. The number of nitrogens with two attached hydrogens (primary N) is 1. The lowest BCUT2D eigenvalue weighted by atomic mass is 10.1. The molecule has 19 heavy (non-hydrogen) atoms. The third kappa shape index (κ3) is 2.64. The maximum atomic E-state index is 11.1. The first kappa shape index (κ1) is 13.3. The van der Waals surface area contributed by atoms with E-state index in [1.54, 1.807) is 0 Å². The predicted octanol–water partition coefficient (Wildman–Crippen LogP) is 0.298. The van der Waals surface area contributed by atoms with E-state index in [0.717, 1.165) is 5.56 Å². The second-order valence-corrected chi connectivity index (χ2v) is 4.15. The molecule has 1 atom stereocenters. The van der Waals surface area contributed by atoms with Crippen molar-refractivity contribution < 1.29 is 15.0 Å². The number of aromatic nitrogens is 2. The van der Waals surface area contributed by atoms with Crippen molar-refractivity contribution >= 4 is 12.1 Å². The van der Waals surface area contributed by atoms with Crippen molar-refractivity contribution in [2.45, 2.75) is 12.6 Å². The second-order valence-electron chi connectivity index (χ2n) is 4.15. The molecule has 0 amide bonds. The molecule has 0 aliphatic heterocycles. The quantitative estimate of drug-likeness (QED) is 0.672. The van der Waals surface area contributed by atoms with Crippen molar-refractivity contribution in [3.8, 4) is 11.3 Å². The minimum atomic E-state index is -0.967. The average molecular weight is 261 g/mol. The summed E-state index contributed by atoms with van der Waals surface area (Å²) in [6.45, 7) is -0.355. The molecule has 2 rings (SSSR count). The van der Waals surface area contributed by atoms with Crippen LogP contribution in [0.5, 0.6) is 0 Å². The van der Waals surface area contributed by atoms with Gasteiger partial charge in [-0.15, -0.1) is 0 Å². The van der Waals surface area contributed by atoms with Crippen molar-refractivity contribution in [1.82, 2.24) is 9.78 Å². The summed E-state index contributed by atoms with van der Waals surface area (Å²) in [4.78, 5) is 11.1. The van der Waals surface area contributed by atoms with Crippen LogP contribution in [0.25, 0.3) is 11.3 Å². The van der Waals surface area contributed by atoms with Crippen molar-refractivity contribution in [3.05, 3.63) is 35.9 Å². The monoisotopic (exact) mass is 261 g/mol. The van der Waals surface area contributed by atoms with Crippen LogP contribution < -0.4 is 5.73 Å². The first-order valence-corrected chi connectivity index (χ1v) is 5.83. The molecule has 0 saturated heterocycles. The highest BCUT2D eigenvalue weighted by atomic mass is 16.3. The Morgan fingerprint density at radius 2 is 2.05 bits per heavy atom. The fourth-order valence-electron chi connectivity index (χ4n) is 1.81. The Balaban J connectivity index is 2.45. The average Bonchev–Trinajstić information content (AvgIpc) is 2.76. The van der Waals surface area contributed by atoms with Gasteiger partial charge in [-0.2, -0.15) is 5.10 Å². The lowest BCUT2D eigenvalue weighted by molar-refractivity contribution is 0.0788. The molecular weight excluding hydrogens is 246 g/mol. The van der Waals surface area contributed by atoms with Crippen LogP contribution in [0.3, 0.4) is 0 Å². The van der Waals surface area contributed by atoms with E-state index in [1.165, 1.54) is 4.68 Å². The van der Waals surface area contributed by atoms with Gasteiger partial charge < -0.3 is 15.9 Å². The van der Waals surface area contributed by atoms with Crippen LogP contribution in [0.2, 0.25) is 0 Å². The van der Waals surface area contributed by atoms with Gasteiger partial charge in [0.25, 0.3) is 0 Å². The number of carbonyl (C=O) groups is 1. The van der Waals surface area contributed by atoms with Gasteiger partial charge in [0.2, 0.25) is 0 Å². The minimum absolute atomic E-state index is 0.0377. The Labute approximate surface area is 110 Å². The number of nitrogen functional groups attached to an aromatic ring is 1. The summed E-state index contributed by atoms with van der Waals surface area (Å²) in [7, 11) is 0. The van der Waals surface area contributed by atoms with E-state index in [-0.39, 0.29) is 17.9 Å². The highest BCUT2D eigenvalue weighted by Crippen LogP contribution is 2.25. The fourth-order valence-corrected chi connectivity index (χ4v) is 1.81. The molecule has 1 aromatic heterocycles. The van der Waals surface area contributed by atoms with Crippen LogP contribution in [0, 0.1) is 0 Å². The highest BCUT2D eigenvalue weighted by molar-refractivity contribution is 5.91. The van der Waals surface area contributed by atoms with Crippen LogP contribution in [-0.2, 0) is 6.54 Å². The van der Waals surface area contributed by atoms with Crippen molar-refractivity contribution in [2.24, 2.45) is 0 Å². The Morgan fingerprint density at radius 3 is 2.63 bits per heavy atom. The normalized spacial score (nSPS) is 12.3.